The predicted octanol–water partition coefficient (Wildman–Crippen LogP) is -1.09. The van der Waals surface area contributed by atoms with Gasteiger partial charge in [-0.2, -0.15) is 0 Å². The van der Waals surface area contributed by atoms with Gasteiger partial charge in [0, 0.05) is 19.8 Å². The molecule has 3 amide bonds. The smallest absolute Gasteiger partial charge is 0.322 e. The number of urea groups is 1. The van der Waals surface area contributed by atoms with Crippen molar-refractivity contribution in [1.82, 2.24) is 16.0 Å². The maximum atomic E-state index is 11.4. The highest BCUT2D eigenvalue weighted by molar-refractivity contribution is 5.86. The van der Waals surface area contributed by atoms with Crippen molar-refractivity contribution in [3.8, 4) is 0 Å². The number of ether oxygens (including phenoxy) is 1. The van der Waals surface area contributed by atoms with Crippen LogP contribution in [0.4, 0.5) is 4.79 Å². The van der Waals surface area contributed by atoms with Crippen LogP contribution in [0, 0.1) is 5.92 Å². The molecule has 0 aromatic rings. The quantitative estimate of drug-likeness (QED) is 0.491. The minimum Gasteiger partial charge on any atom is -0.480 e. The first-order chi connectivity index (χ1) is 9.08. The zero-order valence-electron chi connectivity index (χ0n) is 10.6. The van der Waals surface area contributed by atoms with E-state index in [1.54, 1.807) is 0 Å². The van der Waals surface area contributed by atoms with E-state index in [1.807, 2.05) is 0 Å². The van der Waals surface area contributed by atoms with Crippen LogP contribution in [0.2, 0.25) is 0 Å². The van der Waals surface area contributed by atoms with Crippen LogP contribution >= 0.6 is 0 Å². The van der Waals surface area contributed by atoms with Crippen LogP contribution in [0.1, 0.15) is 12.8 Å². The summed E-state index contributed by atoms with van der Waals surface area (Å²) in [6.45, 7) is 1.28. The van der Waals surface area contributed by atoms with Gasteiger partial charge in [-0.1, -0.05) is 0 Å². The summed E-state index contributed by atoms with van der Waals surface area (Å²) in [5.74, 6) is -1.26. The lowest BCUT2D eigenvalue weighted by atomic mass is 10.0. The summed E-state index contributed by atoms with van der Waals surface area (Å²) in [6, 6.07) is -0.433. The third-order valence-electron chi connectivity index (χ3n) is 2.74. The van der Waals surface area contributed by atoms with Crippen molar-refractivity contribution in [2.45, 2.75) is 12.8 Å². The molecule has 0 radical (unpaired) electrons. The molecular weight excluding hydrogens is 254 g/mol. The number of amides is 3. The zero-order valence-corrected chi connectivity index (χ0v) is 10.6. The van der Waals surface area contributed by atoms with Gasteiger partial charge in [-0.25, -0.2) is 4.79 Å². The molecule has 1 saturated heterocycles. The molecule has 0 aliphatic carbocycles. The van der Waals surface area contributed by atoms with E-state index in [0.717, 1.165) is 12.8 Å². The second-order valence-electron chi connectivity index (χ2n) is 4.29. The van der Waals surface area contributed by atoms with Gasteiger partial charge in [-0.05, 0) is 18.8 Å². The van der Waals surface area contributed by atoms with E-state index in [2.05, 4.69) is 16.0 Å². The molecule has 1 aliphatic rings. The third-order valence-corrected chi connectivity index (χ3v) is 2.74. The van der Waals surface area contributed by atoms with Crippen LogP contribution in [0.3, 0.4) is 0 Å². The van der Waals surface area contributed by atoms with Crippen LogP contribution in [-0.4, -0.2) is 55.9 Å². The summed E-state index contributed by atoms with van der Waals surface area (Å²) in [6.07, 6.45) is 1.83. The molecule has 4 N–H and O–H groups in total. The summed E-state index contributed by atoms with van der Waals surface area (Å²) in [5.41, 5.74) is 0. The second kappa shape index (κ2) is 8.30. The van der Waals surface area contributed by atoms with Gasteiger partial charge in [0.05, 0.1) is 6.54 Å². The van der Waals surface area contributed by atoms with E-state index in [-0.39, 0.29) is 6.54 Å². The number of hydrogen-bond acceptors (Lipinski definition) is 4. The van der Waals surface area contributed by atoms with E-state index in [1.165, 1.54) is 0 Å². The van der Waals surface area contributed by atoms with Gasteiger partial charge in [-0.15, -0.1) is 0 Å². The zero-order chi connectivity index (χ0) is 14.1. The standard InChI is InChI=1S/C11H19N3O5/c15-9(12-7-10(16)17)6-14-11(18)13-5-8-1-3-19-4-2-8/h8H,1-7H2,(H,12,15)(H,16,17)(H2,13,14,18). The molecule has 0 aromatic heterocycles. The molecule has 0 spiro atoms. The first-order valence-corrected chi connectivity index (χ1v) is 6.16. The lowest BCUT2D eigenvalue weighted by Gasteiger charge is -2.22. The fourth-order valence-corrected chi connectivity index (χ4v) is 1.65. The van der Waals surface area contributed by atoms with Gasteiger partial charge in [0.15, 0.2) is 0 Å². The van der Waals surface area contributed by atoms with Crippen LogP contribution in [-0.2, 0) is 14.3 Å². The maximum absolute atomic E-state index is 11.4. The summed E-state index contributed by atoms with van der Waals surface area (Å²) in [4.78, 5) is 32.7. The summed E-state index contributed by atoms with van der Waals surface area (Å²) in [5, 5.41) is 15.5. The second-order valence-corrected chi connectivity index (χ2v) is 4.29. The molecule has 19 heavy (non-hydrogen) atoms. The summed E-state index contributed by atoms with van der Waals surface area (Å²) < 4.78 is 5.20. The minimum absolute atomic E-state index is 0.243. The highest BCUT2D eigenvalue weighted by Gasteiger charge is 2.14. The Morgan fingerprint density at radius 2 is 1.74 bits per heavy atom. The summed E-state index contributed by atoms with van der Waals surface area (Å²) >= 11 is 0. The number of carbonyl (C=O) groups excluding carboxylic acids is 2. The Bertz CT molecular complexity index is 328. The molecule has 0 aromatic carbocycles. The number of rotatable bonds is 6. The number of carbonyl (C=O) groups is 3. The average molecular weight is 273 g/mol. The van der Waals surface area contributed by atoms with Gasteiger partial charge in [0.1, 0.15) is 6.54 Å². The fraction of sp³-hybridized carbons (Fsp3) is 0.727. The molecule has 108 valence electrons. The SMILES string of the molecule is O=C(O)CNC(=O)CNC(=O)NCC1CCOCC1. The molecule has 0 atom stereocenters. The number of hydrogen-bond donors (Lipinski definition) is 4. The molecule has 1 fully saturated rings. The van der Waals surface area contributed by atoms with Gasteiger partial charge in [0.2, 0.25) is 5.91 Å². The molecule has 0 unspecified atom stereocenters. The Morgan fingerprint density at radius 1 is 1.05 bits per heavy atom. The van der Waals surface area contributed by atoms with E-state index in [9.17, 15) is 14.4 Å². The van der Waals surface area contributed by atoms with Gasteiger partial charge < -0.3 is 25.8 Å². The van der Waals surface area contributed by atoms with Crippen LogP contribution in [0.5, 0.6) is 0 Å². The highest BCUT2D eigenvalue weighted by Crippen LogP contribution is 2.12. The van der Waals surface area contributed by atoms with Crippen LogP contribution in [0.25, 0.3) is 0 Å². The Balaban J connectivity index is 2.06. The normalized spacial score (nSPS) is 15.6. The largest absolute Gasteiger partial charge is 0.480 e. The molecule has 1 aliphatic heterocycles. The topological polar surface area (TPSA) is 117 Å². The van der Waals surface area contributed by atoms with E-state index >= 15 is 0 Å². The van der Waals surface area contributed by atoms with Gasteiger partial charge in [-0.3, -0.25) is 9.59 Å². The van der Waals surface area contributed by atoms with Crippen LogP contribution in [0.15, 0.2) is 0 Å². The maximum Gasteiger partial charge on any atom is 0.322 e. The minimum atomic E-state index is -1.13. The lowest BCUT2D eigenvalue weighted by Crippen LogP contribution is -2.44. The third kappa shape index (κ3) is 7.24. The monoisotopic (exact) mass is 273 g/mol. The molecule has 1 heterocycles. The van der Waals surface area contributed by atoms with Crippen molar-refractivity contribution in [1.29, 1.82) is 0 Å². The highest BCUT2D eigenvalue weighted by atomic mass is 16.5. The van der Waals surface area contributed by atoms with E-state index in [4.69, 9.17) is 9.84 Å². The lowest BCUT2D eigenvalue weighted by molar-refractivity contribution is -0.137. The first kappa shape index (κ1) is 15.2. The predicted molar refractivity (Wildman–Crippen MR) is 65.6 cm³/mol. The average Bonchev–Trinajstić information content (AvgIpc) is 2.41. The summed E-state index contributed by atoms with van der Waals surface area (Å²) in [7, 11) is 0. The van der Waals surface area contributed by atoms with E-state index in [0.29, 0.717) is 25.7 Å². The molecule has 0 bridgehead atoms. The Labute approximate surface area is 110 Å². The van der Waals surface area contributed by atoms with Gasteiger partial charge in [0.25, 0.3) is 0 Å². The van der Waals surface area contributed by atoms with E-state index < -0.39 is 24.5 Å². The van der Waals surface area contributed by atoms with Crippen molar-refractivity contribution in [2.24, 2.45) is 5.92 Å². The number of aliphatic carboxylic acids is 1. The first-order valence-electron chi connectivity index (χ1n) is 6.16. The molecule has 8 nitrogen and oxygen atoms in total. The van der Waals surface area contributed by atoms with Crippen molar-refractivity contribution in [3.63, 3.8) is 0 Å². The Morgan fingerprint density at radius 3 is 2.37 bits per heavy atom. The Kier molecular flexibility index (Phi) is 6.65. The van der Waals surface area contributed by atoms with Crippen molar-refractivity contribution in [3.05, 3.63) is 0 Å². The van der Waals surface area contributed by atoms with Gasteiger partial charge >= 0.3 is 12.0 Å². The number of carboxylic acids is 1. The van der Waals surface area contributed by atoms with Crippen molar-refractivity contribution >= 4 is 17.9 Å². The van der Waals surface area contributed by atoms with Crippen LogP contribution < -0.4 is 16.0 Å². The molecule has 8 heteroatoms. The number of carboxylic acid groups (broad SMARTS) is 1. The fourth-order valence-electron chi connectivity index (χ4n) is 1.65. The Hall–Kier alpha value is -1.83. The molecular formula is C11H19N3O5. The molecule has 0 saturated carbocycles. The van der Waals surface area contributed by atoms with Crippen molar-refractivity contribution < 1.29 is 24.2 Å². The molecule has 1 rings (SSSR count). The number of nitrogens with one attached hydrogen (secondary N) is 3. The van der Waals surface area contributed by atoms with Crippen molar-refractivity contribution in [2.75, 3.05) is 32.8 Å².